The summed E-state index contributed by atoms with van der Waals surface area (Å²) in [5.41, 5.74) is -0.00785. The molecule has 0 aromatic carbocycles. The Morgan fingerprint density at radius 2 is 2.14 bits per heavy atom. The van der Waals surface area contributed by atoms with Gasteiger partial charge in [0.15, 0.2) is 0 Å². The van der Waals surface area contributed by atoms with Crippen LogP contribution < -0.4 is 5.32 Å². The molecule has 0 saturated heterocycles. The van der Waals surface area contributed by atoms with E-state index in [0.29, 0.717) is 13.0 Å². The van der Waals surface area contributed by atoms with Crippen LogP contribution >= 0.6 is 22.7 Å². The number of thiophene rings is 1. The molecule has 2 aromatic heterocycles. The van der Waals surface area contributed by atoms with E-state index in [1.165, 1.54) is 11.3 Å². The van der Waals surface area contributed by atoms with E-state index in [9.17, 15) is 9.59 Å². The number of carboxylic acid groups (broad SMARTS) is 1. The molecule has 0 aliphatic heterocycles. The first-order valence-corrected chi connectivity index (χ1v) is 8.67. The van der Waals surface area contributed by atoms with Crippen LogP contribution in [0.4, 0.5) is 0 Å². The summed E-state index contributed by atoms with van der Waals surface area (Å²) in [5, 5.41) is 16.2. The molecule has 2 rings (SSSR count). The molecule has 22 heavy (non-hydrogen) atoms. The quantitative estimate of drug-likeness (QED) is 0.760. The third kappa shape index (κ3) is 3.92. The Morgan fingerprint density at radius 3 is 2.77 bits per heavy atom. The maximum Gasteiger partial charge on any atom is 0.303 e. The van der Waals surface area contributed by atoms with Crippen molar-refractivity contribution in [1.29, 1.82) is 0 Å². The highest BCUT2D eigenvalue weighted by molar-refractivity contribution is 7.20. The zero-order valence-electron chi connectivity index (χ0n) is 12.5. The Morgan fingerprint density at radius 1 is 1.36 bits per heavy atom. The van der Waals surface area contributed by atoms with E-state index in [-0.39, 0.29) is 12.3 Å². The number of nitrogens with zero attached hydrogens (tertiary/aromatic N) is 1. The molecule has 0 unspecified atom stereocenters. The maximum atomic E-state index is 12.3. The normalized spacial score (nSPS) is 11.4. The van der Waals surface area contributed by atoms with Gasteiger partial charge in [0.2, 0.25) is 5.91 Å². The predicted molar refractivity (Wildman–Crippen MR) is 88.3 cm³/mol. The van der Waals surface area contributed by atoms with Crippen LogP contribution in [-0.2, 0) is 15.0 Å². The number of hydrogen-bond donors (Lipinski definition) is 2. The summed E-state index contributed by atoms with van der Waals surface area (Å²) in [6, 6.07) is 3.98. The van der Waals surface area contributed by atoms with Gasteiger partial charge in [0, 0.05) is 18.3 Å². The zero-order chi connectivity index (χ0) is 16.2. The summed E-state index contributed by atoms with van der Waals surface area (Å²) in [7, 11) is 0. The lowest BCUT2D eigenvalue weighted by Crippen LogP contribution is -2.40. The van der Waals surface area contributed by atoms with Crippen LogP contribution in [0.5, 0.6) is 0 Å². The molecule has 2 N–H and O–H groups in total. The first-order chi connectivity index (χ1) is 10.4. The number of carbonyl (C=O) groups is 2. The number of amides is 1. The number of aliphatic carboxylic acids is 1. The molecule has 0 radical (unpaired) electrons. The topological polar surface area (TPSA) is 79.3 Å². The highest BCUT2D eigenvalue weighted by atomic mass is 32.1. The average Bonchev–Trinajstić information content (AvgIpc) is 3.12. The van der Waals surface area contributed by atoms with E-state index in [1.54, 1.807) is 11.3 Å². The number of thiazole rings is 1. The van der Waals surface area contributed by atoms with E-state index in [0.717, 1.165) is 15.6 Å². The summed E-state index contributed by atoms with van der Waals surface area (Å²) in [4.78, 5) is 28.4. The van der Waals surface area contributed by atoms with Crippen molar-refractivity contribution in [3.63, 3.8) is 0 Å². The lowest BCUT2D eigenvalue weighted by molar-refractivity contribution is -0.137. The van der Waals surface area contributed by atoms with Gasteiger partial charge in [0.25, 0.3) is 0 Å². The van der Waals surface area contributed by atoms with E-state index in [2.05, 4.69) is 10.3 Å². The molecular formula is C15H18N2O3S2. The van der Waals surface area contributed by atoms with Crippen molar-refractivity contribution < 1.29 is 14.7 Å². The largest absolute Gasteiger partial charge is 0.481 e. The maximum absolute atomic E-state index is 12.3. The Kier molecular flexibility index (Phi) is 5.31. The second-order valence-electron chi connectivity index (χ2n) is 5.39. The summed E-state index contributed by atoms with van der Waals surface area (Å²) in [6.07, 6.45) is 0.481. The minimum Gasteiger partial charge on any atom is -0.481 e. The van der Waals surface area contributed by atoms with Crippen LogP contribution in [-0.4, -0.2) is 28.5 Å². The molecule has 0 spiro atoms. The van der Waals surface area contributed by atoms with E-state index in [1.807, 2.05) is 36.7 Å². The van der Waals surface area contributed by atoms with E-state index >= 15 is 0 Å². The number of rotatable bonds is 7. The number of aromatic nitrogens is 1. The lowest BCUT2D eigenvalue weighted by Gasteiger charge is -2.21. The molecule has 1 amide bonds. The van der Waals surface area contributed by atoms with Crippen LogP contribution in [0.1, 0.15) is 32.4 Å². The molecule has 118 valence electrons. The third-order valence-corrected chi connectivity index (χ3v) is 5.18. The molecule has 0 fully saturated rings. The van der Waals surface area contributed by atoms with Gasteiger partial charge in [-0.1, -0.05) is 6.07 Å². The molecule has 2 heterocycles. The predicted octanol–water partition coefficient (Wildman–Crippen LogP) is 3.13. The third-order valence-electron chi connectivity index (χ3n) is 3.30. The van der Waals surface area contributed by atoms with Crippen LogP contribution in [0.25, 0.3) is 9.88 Å². The van der Waals surface area contributed by atoms with Crippen LogP contribution in [0.2, 0.25) is 0 Å². The second kappa shape index (κ2) is 7.02. The minimum absolute atomic E-state index is 0.0555. The molecule has 0 aliphatic rings. The Hall–Kier alpha value is -1.73. The first-order valence-electron chi connectivity index (χ1n) is 6.91. The fourth-order valence-corrected chi connectivity index (χ4v) is 3.65. The van der Waals surface area contributed by atoms with Crippen molar-refractivity contribution in [3.8, 4) is 9.88 Å². The van der Waals surface area contributed by atoms with Gasteiger partial charge < -0.3 is 10.4 Å². The fourth-order valence-electron chi connectivity index (χ4n) is 1.85. The molecule has 2 aromatic rings. The van der Waals surface area contributed by atoms with Gasteiger partial charge in [-0.05, 0) is 31.7 Å². The van der Waals surface area contributed by atoms with Crippen LogP contribution in [0.3, 0.4) is 0 Å². The Bertz CT molecular complexity index is 648. The minimum atomic E-state index is -0.853. The molecule has 0 saturated carbocycles. The molecule has 0 bridgehead atoms. The summed E-state index contributed by atoms with van der Waals surface area (Å²) < 4.78 is 0. The average molecular weight is 338 g/mol. The van der Waals surface area contributed by atoms with E-state index in [4.69, 9.17) is 5.11 Å². The second-order valence-corrected chi connectivity index (χ2v) is 7.20. The monoisotopic (exact) mass is 338 g/mol. The van der Waals surface area contributed by atoms with Crippen molar-refractivity contribution >= 4 is 34.6 Å². The van der Waals surface area contributed by atoms with E-state index < -0.39 is 11.4 Å². The van der Waals surface area contributed by atoms with Crippen molar-refractivity contribution in [2.45, 2.75) is 32.1 Å². The Balaban J connectivity index is 2.00. The van der Waals surface area contributed by atoms with Crippen molar-refractivity contribution in [1.82, 2.24) is 10.3 Å². The highest BCUT2D eigenvalue weighted by Gasteiger charge is 2.32. The number of nitrogens with one attached hydrogen (secondary N) is 1. The van der Waals surface area contributed by atoms with Crippen molar-refractivity contribution in [2.75, 3.05) is 6.54 Å². The number of hydrogen-bond acceptors (Lipinski definition) is 5. The summed E-state index contributed by atoms with van der Waals surface area (Å²) in [5.74, 6) is -0.991. The zero-order valence-corrected chi connectivity index (χ0v) is 14.1. The molecule has 0 atom stereocenters. The van der Waals surface area contributed by atoms with Gasteiger partial charge in [-0.25, -0.2) is 4.98 Å². The summed E-state index contributed by atoms with van der Waals surface area (Å²) in [6.45, 7) is 4.01. The molecule has 5 nitrogen and oxygen atoms in total. The van der Waals surface area contributed by atoms with Gasteiger partial charge in [-0.2, -0.15) is 0 Å². The van der Waals surface area contributed by atoms with Gasteiger partial charge in [0.05, 0.1) is 16.0 Å². The smallest absolute Gasteiger partial charge is 0.303 e. The fraction of sp³-hybridized carbons (Fsp3) is 0.400. The lowest BCUT2D eigenvalue weighted by atomic mass is 9.89. The first kappa shape index (κ1) is 16.6. The molecule has 0 aliphatic carbocycles. The SMILES string of the molecule is CC(C)(C(=O)NCCCC(=O)O)c1csc(-c2cccs2)n1. The number of carbonyl (C=O) groups excluding carboxylic acids is 1. The van der Waals surface area contributed by atoms with Crippen LogP contribution in [0, 0.1) is 0 Å². The molecular weight excluding hydrogens is 320 g/mol. The number of carboxylic acids is 1. The summed E-state index contributed by atoms with van der Waals surface area (Å²) >= 11 is 3.15. The van der Waals surface area contributed by atoms with Gasteiger partial charge in [-0.3, -0.25) is 9.59 Å². The Labute approximate surface area is 137 Å². The van der Waals surface area contributed by atoms with Gasteiger partial charge in [0.1, 0.15) is 5.01 Å². The van der Waals surface area contributed by atoms with Crippen LogP contribution in [0.15, 0.2) is 22.9 Å². The van der Waals surface area contributed by atoms with Crippen molar-refractivity contribution in [2.24, 2.45) is 0 Å². The van der Waals surface area contributed by atoms with Gasteiger partial charge in [-0.15, -0.1) is 22.7 Å². The van der Waals surface area contributed by atoms with Gasteiger partial charge >= 0.3 is 5.97 Å². The van der Waals surface area contributed by atoms with Crippen molar-refractivity contribution in [3.05, 3.63) is 28.6 Å². The highest BCUT2D eigenvalue weighted by Crippen LogP contribution is 2.32. The standard InChI is InChI=1S/C15H18N2O3S2/c1-15(2,14(20)16-7-3-6-12(18)19)11-9-22-13(17-11)10-5-4-8-21-10/h4-5,8-9H,3,6-7H2,1-2H3,(H,16,20)(H,18,19). The molecule has 7 heteroatoms.